The van der Waals surface area contributed by atoms with Gasteiger partial charge in [-0.25, -0.2) is 0 Å². The van der Waals surface area contributed by atoms with E-state index in [2.05, 4.69) is 0 Å². The second-order valence-electron chi connectivity index (χ2n) is 4.27. The summed E-state index contributed by atoms with van der Waals surface area (Å²) >= 11 is 0. The van der Waals surface area contributed by atoms with Crippen molar-refractivity contribution in [3.8, 4) is 0 Å². The molecule has 0 bridgehead atoms. The molecule has 0 aromatic heterocycles. The number of ketones is 2. The molecule has 0 radical (unpaired) electrons. The predicted octanol–water partition coefficient (Wildman–Crippen LogP) is 1.60. The molecule has 0 aromatic carbocycles. The first kappa shape index (κ1) is 11.4. The highest BCUT2D eigenvalue weighted by Gasteiger charge is 2.26. The van der Waals surface area contributed by atoms with Gasteiger partial charge < -0.3 is 4.74 Å². The third-order valence-electron chi connectivity index (χ3n) is 2.46. The van der Waals surface area contributed by atoms with Gasteiger partial charge in [0.2, 0.25) is 5.78 Å². The Morgan fingerprint density at radius 2 is 1.86 bits per heavy atom. The summed E-state index contributed by atoms with van der Waals surface area (Å²) in [5.41, 5.74) is 0. The molecule has 1 aliphatic heterocycles. The quantitative estimate of drug-likeness (QED) is 0.644. The van der Waals surface area contributed by atoms with Gasteiger partial charge in [-0.3, -0.25) is 9.59 Å². The highest BCUT2D eigenvalue weighted by atomic mass is 16.5. The fourth-order valence-corrected chi connectivity index (χ4v) is 1.66. The van der Waals surface area contributed by atoms with Gasteiger partial charge in [-0.15, -0.1) is 0 Å². The van der Waals surface area contributed by atoms with Crippen molar-refractivity contribution in [1.29, 1.82) is 0 Å². The molecule has 80 valence electrons. The molecule has 0 atom stereocenters. The van der Waals surface area contributed by atoms with Crippen molar-refractivity contribution >= 4 is 11.6 Å². The standard InChI is InChI=1S/C11H18O3/c1-8(2)7-10(12)11(13)9-3-5-14-6-4-9/h8-9H,3-7H2,1-2H3. The summed E-state index contributed by atoms with van der Waals surface area (Å²) in [4.78, 5) is 23.1. The Balaban J connectivity index is 2.42. The number of hydrogen-bond donors (Lipinski definition) is 0. The van der Waals surface area contributed by atoms with Crippen LogP contribution in [0.5, 0.6) is 0 Å². The van der Waals surface area contributed by atoms with Crippen LogP contribution in [0.1, 0.15) is 33.1 Å². The Kier molecular flexibility index (Phi) is 4.26. The van der Waals surface area contributed by atoms with Gasteiger partial charge in [0.25, 0.3) is 0 Å². The molecule has 1 heterocycles. The number of Topliss-reactive ketones (excluding diaryl/α,β-unsaturated/α-hetero) is 2. The molecule has 1 saturated heterocycles. The largest absolute Gasteiger partial charge is 0.381 e. The van der Waals surface area contributed by atoms with Gasteiger partial charge in [-0.2, -0.15) is 0 Å². The Bertz CT molecular complexity index is 215. The zero-order valence-electron chi connectivity index (χ0n) is 8.91. The molecule has 0 aromatic rings. The summed E-state index contributed by atoms with van der Waals surface area (Å²) in [7, 11) is 0. The minimum Gasteiger partial charge on any atom is -0.381 e. The number of hydrogen-bond acceptors (Lipinski definition) is 3. The maximum atomic E-state index is 11.6. The molecule has 14 heavy (non-hydrogen) atoms. The van der Waals surface area contributed by atoms with E-state index in [1.54, 1.807) is 0 Å². The third-order valence-corrected chi connectivity index (χ3v) is 2.46. The van der Waals surface area contributed by atoms with E-state index in [0.29, 0.717) is 32.5 Å². The van der Waals surface area contributed by atoms with Gasteiger partial charge in [-0.05, 0) is 18.8 Å². The van der Waals surface area contributed by atoms with Crippen molar-refractivity contribution in [2.75, 3.05) is 13.2 Å². The van der Waals surface area contributed by atoms with Gasteiger partial charge in [0.15, 0.2) is 5.78 Å². The van der Waals surface area contributed by atoms with Crippen LogP contribution in [0, 0.1) is 11.8 Å². The monoisotopic (exact) mass is 198 g/mol. The van der Waals surface area contributed by atoms with Gasteiger partial charge in [0.05, 0.1) is 0 Å². The highest BCUT2D eigenvalue weighted by molar-refractivity contribution is 6.38. The topological polar surface area (TPSA) is 43.4 Å². The first-order valence-electron chi connectivity index (χ1n) is 5.26. The van der Waals surface area contributed by atoms with Crippen molar-refractivity contribution in [2.45, 2.75) is 33.1 Å². The zero-order valence-corrected chi connectivity index (χ0v) is 8.91. The number of carbonyl (C=O) groups is 2. The van der Waals surface area contributed by atoms with E-state index in [0.717, 1.165) is 0 Å². The van der Waals surface area contributed by atoms with E-state index >= 15 is 0 Å². The Labute approximate surface area is 84.8 Å². The summed E-state index contributed by atoms with van der Waals surface area (Å²) in [5, 5.41) is 0. The third kappa shape index (κ3) is 3.22. The zero-order chi connectivity index (χ0) is 10.6. The van der Waals surface area contributed by atoms with Crippen LogP contribution in [0.2, 0.25) is 0 Å². The molecule has 0 aliphatic carbocycles. The maximum absolute atomic E-state index is 11.6. The molecule has 0 saturated carbocycles. The van der Waals surface area contributed by atoms with Crippen LogP contribution in [0.4, 0.5) is 0 Å². The molecule has 0 amide bonds. The molecular formula is C11H18O3. The van der Waals surface area contributed by atoms with E-state index in [-0.39, 0.29) is 23.4 Å². The van der Waals surface area contributed by atoms with Crippen LogP contribution < -0.4 is 0 Å². The second kappa shape index (κ2) is 5.25. The molecule has 3 nitrogen and oxygen atoms in total. The van der Waals surface area contributed by atoms with E-state index in [9.17, 15) is 9.59 Å². The summed E-state index contributed by atoms with van der Waals surface area (Å²) in [6, 6.07) is 0. The maximum Gasteiger partial charge on any atom is 0.201 e. The lowest BCUT2D eigenvalue weighted by atomic mass is 9.90. The van der Waals surface area contributed by atoms with Crippen LogP contribution in [0.3, 0.4) is 0 Å². The van der Waals surface area contributed by atoms with Crippen molar-refractivity contribution in [1.82, 2.24) is 0 Å². The second-order valence-corrected chi connectivity index (χ2v) is 4.27. The van der Waals surface area contributed by atoms with Gasteiger partial charge in [0.1, 0.15) is 0 Å². The first-order chi connectivity index (χ1) is 6.61. The van der Waals surface area contributed by atoms with Crippen LogP contribution in [-0.2, 0) is 14.3 Å². The molecule has 0 spiro atoms. The first-order valence-corrected chi connectivity index (χ1v) is 5.26. The molecule has 0 unspecified atom stereocenters. The Hall–Kier alpha value is -0.700. The van der Waals surface area contributed by atoms with Crippen LogP contribution in [0.15, 0.2) is 0 Å². The van der Waals surface area contributed by atoms with Gasteiger partial charge in [0, 0.05) is 25.6 Å². The fraction of sp³-hybridized carbons (Fsp3) is 0.818. The molecular weight excluding hydrogens is 180 g/mol. The molecule has 1 fully saturated rings. The average molecular weight is 198 g/mol. The molecule has 1 rings (SSSR count). The van der Waals surface area contributed by atoms with Crippen LogP contribution >= 0.6 is 0 Å². The average Bonchev–Trinajstić information content (AvgIpc) is 2.17. The van der Waals surface area contributed by atoms with E-state index in [4.69, 9.17) is 4.74 Å². The minimum absolute atomic E-state index is 0.0741. The molecule has 1 aliphatic rings. The summed E-state index contributed by atoms with van der Waals surface area (Å²) in [5.74, 6) is -0.185. The number of rotatable bonds is 4. The lowest BCUT2D eigenvalue weighted by molar-refractivity contribution is -0.141. The smallest absolute Gasteiger partial charge is 0.201 e. The van der Waals surface area contributed by atoms with Gasteiger partial charge >= 0.3 is 0 Å². The van der Waals surface area contributed by atoms with Gasteiger partial charge in [-0.1, -0.05) is 13.8 Å². The normalized spacial score (nSPS) is 18.5. The van der Waals surface area contributed by atoms with Crippen LogP contribution in [0.25, 0.3) is 0 Å². The highest BCUT2D eigenvalue weighted by Crippen LogP contribution is 2.17. The van der Waals surface area contributed by atoms with Crippen molar-refractivity contribution in [3.63, 3.8) is 0 Å². The van der Waals surface area contributed by atoms with E-state index in [1.165, 1.54) is 0 Å². The number of ether oxygens (including phenoxy) is 1. The lowest BCUT2D eigenvalue weighted by Crippen LogP contribution is -2.29. The summed E-state index contributed by atoms with van der Waals surface area (Å²) < 4.78 is 5.15. The summed E-state index contributed by atoms with van der Waals surface area (Å²) in [6.07, 6.45) is 1.81. The molecule has 3 heteroatoms. The van der Waals surface area contributed by atoms with Crippen LogP contribution in [-0.4, -0.2) is 24.8 Å². The van der Waals surface area contributed by atoms with Crippen molar-refractivity contribution in [3.05, 3.63) is 0 Å². The Morgan fingerprint density at radius 3 is 2.36 bits per heavy atom. The summed E-state index contributed by atoms with van der Waals surface area (Å²) in [6.45, 7) is 5.14. The Morgan fingerprint density at radius 1 is 1.29 bits per heavy atom. The number of carbonyl (C=O) groups excluding carboxylic acids is 2. The fourth-order valence-electron chi connectivity index (χ4n) is 1.66. The predicted molar refractivity (Wildman–Crippen MR) is 53.0 cm³/mol. The van der Waals surface area contributed by atoms with E-state index in [1.807, 2.05) is 13.8 Å². The SMILES string of the molecule is CC(C)CC(=O)C(=O)C1CCOCC1. The van der Waals surface area contributed by atoms with Crippen molar-refractivity contribution < 1.29 is 14.3 Å². The minimum atomic E-state index is -0.202. The molecule has 0 N–H and O–H groups in total. The van der Waals surface area contributed by atoms with E-state index < -0.39 is 0 Å². The lowest BCUT2D eigenvalue weighted by Gasteiger charge is -2.20. The van der Waals surface area contributed by atoms with Crippen molar-refractivity contribution in [2.24, 2.45) is 11.8 Å².